The molecule has 1 atom stereocenters. The lowest BCUT2D eigenvalue weighted by Crippen LogP contribution is -1.99. The summed E-state index contributed by atoms with van der Waals surface area (Å²) in [6.07, 6.45) is -0.787. The second-order valence-corrected chi connectivity index (χ2v) is 5.83. The van der Waals surface area contributed by atoms with Crippen LogP contribution in [0.3, 0.4) is 0 Å². The summed E-state index contributed by atoms with van der Waals surface area (Å²) in [6, 6.07) is 10.3. The predicted octanol–water partition coefficient (Wildman–Crippen LogP) is 5.49. The van der Waals surface area contributed by atoms with Gasteiger partial charge in [-0.2, -0.15) is 0 Å². The standard InChI is InChI=1S/C13H8BrCl3O/c14-9-3-1-7(5-11(9)16)13(18)8-2-4-10(15)12(17)6-8/h1-6,13,18H. The van der Waals surface area contributed by atoms with E-state index in [1.165, 1.54) is 0 Å². The van der Waals surface area contributed by atoms with E-state index in [2.05, 4.69) is 15.9 Å². The molecule has 0 fully saturated rings. The lowest BCUT2D eigenvalue weighted by molar-refractivity contribution is 0.220. The molecule has 2 aromatic carbocycles. The Balaban J connectivity index is 2.37. The van der Waals surface area contributed by atoms with Crippen molar-refractivity contribution in [3.63, 3.8) is 0 Å². The molecular formula is C13H8BrCl3O. The Morgan fingerprint density at radius 1 is 0.833 bits per heavy atom. The van der Waals surface area contributed by atoms with Crippen LogP contribution in [0.25, 0.3) is 0 Å². The molecule has 1 unspecified atom stereocenters. The molecule has 0 aliphatic rings. The monoisotopic (exact) mass is 364 g/mol. The third-order valence-corrected chi connectivity index (χ3v) is 4.49. The van der Waals surface area contributed by atoms with Gasteiger partial charge in [0, 0.05) is 4.47 Å². The molecule has 18 heavy (non-hydrogen) atoms. The summed E-state index contributed by atoms with van der Waals surface area (Å²) < 4.78 is 0.786. The van der Waals surface area contributed by atoms with Gasteiger partial charge in [-0.3, -0.25) is 0 Å². The van der Waals surface area contributed by atoms with E-state index < -0.39 is 6.10 Å². The second-order valence-electron chi connectivity index (χ2n) is 3.75. The largest absolute Gasteiger partial charge is 0.384 e. The fourth-order valence-corrected chi connectivity index (χ4v) is 2.30. The van der Waals surface area contributed by atoms with Crippen molar-refractivity contribution < 1.29 is 5.11 Å². The molecule has 0 aromatic heterocycles. The van der Waals surface area contributed by atoms with E-state index in [4.69, 9.17) is 34.8 Å². The fourth-order valence-electron chi connectivity index (χ4n) is 1.56. The maximum atomic E-state index is 10.2. The molecule has 0 aliphatic carbocycles. The van der Waals surface area contributed by atoms with Crippen molar-refractivity contribution in [2.45, 2.75) is 6.10 Å². The van der Waals surface area contributed by atoms with Gasteiger partial charge in [-0.15, -0.1) is 0 Å². The summed E-state index contributed by atoms with van der Waals surface area (Å²) in [4.78, 5) is 0. The van der Waals surface area contributed by atoms with Crippen molar-refractivity contribution in [3.05, 3.63) is 67.1 Å². The average Bonchev–Trinajstić information content (AvgIpc) is 2.35. The van der Waals surface area contributed by atoms with Gasteiger partial charge in [0.2, 0.25) is 0 Å². The summed E-state index contributed by atoms with van der Waals surface area (Å²) in [6.45, 7) is 0. The first-order valence-corrected chi connectivity index (χ1v) is 6.99. The number of hydrogen-bond acceptors (Lipinski definition) is 1. The molecule has 2 rings (SSSR count). The normalized spacial score (nSPS) is 12.5. The first-order valence-electron chi connectivity index (χ1n) is 5.07. The Morgan fingerprint density at radius 3 is 1.94 bits per heavy atom. The molecule has 0 heterocycles. The van der Waals surface area contributed by atoms with Crippen LogP contribution >= 0.6 is 50.7 Å². The molecule has 0 aliphatic heterocycles. The highest BCUT2D eigenvalue weighted by Gasteiger charge is 2.13. The zero-order chi connectivity index (χ0) is 13.3. The SMILES string of the molecule is OC(c1ccc(Cl)c(Cl)c1)c1ccc(Br)c(Cl)c1. The van der Waals surface area contributed by atoms with Crippen LogP contribution in [0.15, 0.2) is 40.9 Å². The first kappa shape index (κ1) is 14.2. The minimum atomic E-state index is -0.787. The van der Waals surface area contributed by atoms with Crippen LogP contribution in [0.4, 0.5) is 0 Å². The van der Waals surface area contributed by atoms with Gasteiger partial charge < -0.3 is 5.11 Å². The Kier molecular flexibility index (Phi) is 4.57. The van der Waals surface area contributed by atoms with Gasteiger partial charge in [0.1, 0.15) is 6.10 Å². The molecule has 94 valence electrons. The van der Waals surface area contributed by atoms with Crippen LogP contribution < -0.4 is 0 Å². The summed E-state index contributed by atoms with van der Waals surface area (Å²) in [5, 5.41) is 11.7. The van der Waals surface area contributed by atoms with E-state index in [9.17, 15) is 5.11 Å². The molecule has 1 N–H and O–H groups in total. The third kappa shape index (κ3) is 3.01. The Labute approximate surface area is 128 Å². The van der Waals surface area contributed by atoms with Gasteiger partial charge >= 0.3 is 0 Å². The van der Waals surface area contributed by atoms with E-state index in [1.807, 2.05) is 0 Å². The van der Waals surface area contributed by atoms with E-state index in [-0.39, 0.29) is 0 Å². The summed E-state index contributed by atoms with van der Waals surface area (Å²) in [5.41, 5.74) is 1.37. The van der Waals surface area contributed by atoms with Crippen LogP contribution in [0.5, 0.6) is 0 Å². The van der Waals surface area contributed by atoms with Gasteiger partial charge in [0.15, 0.2) is 0 Å². The van der Waals surface area contributed by atoms with Gasteiger partial charge in [0.25, 0.3) is 0 Å². The molecule has 0 bridgehead atoms. The van der Waals surface area contributed by atoms with Crippen molar-refractivity contribution in [2.24, 2.45) is 0 Å². The summed E-state index contributed by atoms with van der Waals surface area (Å²) in [7, 11) is 0. The maximum Gasteiger partial charge on any atom is 0.104 e. The molecule has 0 amide bonds. The number of aliphatic hydroxyl groups excluding tert-OH is 1. The smallest absolute Gasteiger partial charge is 0.104 e. The van der Waals surface area contributed by atoms with Gasteiger partial charge in [-0.25, -0.2) is 0 Å². The lowest BCUT2D eigenvalue weighted by Gasteiger charge is -2.13. The highest BCUT2D eigenvalue weighted by molar-refractivity contribution is 9.10. The summed E-state index contributed by atoms with van der Waals surface area (Å²) in [5.74, 6) is 0. The first-order chi connectivity index (χ1) is 8.49. The number of halogens is 4. The zero-order valence-corrected chi connectivity index (χ0v) is 12.9. The number of aliphatic hydroxyl groups is 1. The van der Waals surface area contributed by atoms with Crippen molar-refractivity contribution in [2.75, 3.05) is 0 Å². The quantitative estimate of drug-likeness (QED) is 0.745. The van der Waals surface area contributed by atoms with Gasteiger partial charge in [-0.1, -0.05) is 46.9 Å². The highest BCUT2D eigenvalue weighted by atomic mass is 79.9. The fraction of sp³-hybridized carbons (Fsp3) is 0.0769. The van der Waals surface area contributed by atoms with E-state index in [0.29, 0.717) is 26.2 Å². The average molecular weight is 366 g/mol. The molecule has 0 saturated carbocycles. The molecular weight excluding hydrogens is 358 g/mol. The van der Waals surface area contributed by atoms with Crippen LogP contribution in [0, 0.1) is 0 Å². The van der Waals surface area contributed by atoms with Crippen LogP contribution in [0.2, 0.25) is 15.1 Å². The van der Waals surface area contributed by atoms with Crippen LogP contribution in [0.1, 0.15) is 17.2 Å². The van der Waals surface area contributed by atoms with Crippen LogP contribution in [-0.2, 0) is 0 Å². The molecule has 2 aromatic rings. The Morgan fingerprint density at radius 2 is 1.39 bits per heavy atom. The minimum absolute atomic E-state index is 0.413. The van der Waals surface area contributed by atoms with Gasteiger partial charge in [-0.05, 0) is 51.3 Å². The zero-order valence-electron chi connectivity index (χ0n) is 9.00. The van der Waals surface area contributed by atoms with Crippen molar-refractivity contribution in [1.82, 2.24) is 0 Å². The summed E-state index contributed by atoms with van der Waals surface area (Å²) >= 11 is 21.1. The molecule has 0 saturated heterocycles. The highest BCUT2D eigenvalue weighted by Crippen LogP contribution is 2.31. The number of benzene rings is 2. The molecule has 0 radical (unpaired) electrons. The minimum Gasteiger partial charge on any atom is -0.384 e. The second kappa shape index (κ2) is 5.81. The Bertz CT molecular complexity index is 535. The topological polar surface area (TPSA) is 20.2 Å². The lowest BCUT2D eigenvalue weighted by atomic mass is 10.0. The Hall–Kier alpha value is -0.250. The van der Waals surface area contributed by atoms with Crippen LogP contribution in [-0.4, -0.2) is 5.11 Å². The third-order valence-electron chi connectivity index (χ3n) is 2.52. The maximum absolute atomic E-state index is 10.2. The van der Waals surface area contributed by atoms with Crippen molar-refractivity contribution >= 4 is 50.7 Å². The molecule has 5 heteroatoms. The predicted molar refractivity (Wildman–Crippen MR) is 79.7 cm³/mol. The number of hydrogen-bond donors (Lipinski definition) is 1. The van der Waals surface area contributed by atoms with Crippen molar-refractivity contribution in [1.29, 1.82) is 0 Å². The number of rotatable bonds is 2. The van der Waals surface area contributed by atoms with Crippen molar-refractivity contribution in [3.8, 4) is 0 Å². The van der Waals surface area contributed by atoms with E-state index >= 15 is 0 Å². The molecule has 1 nitrogen and oxygen atoms in total. The van der Waals surface area contributed by atoms with E-state index in [0.717, 1.165) is 4.47 Å². The van der Waals surface area contributed by atoms with E-state index in [1.54, 1.807) is 36.4 Å². The molecule has 0 spiro atoms. The van der Waals surface area contributed by atoms with Gasteiger partial charge in [0.05, 0.1) is 15.1 Å².